The van der Waals surface area contributed by atoms with Crippen LogP contribution in [0.25, 0.3) is 0 Å². The molecular weight excluding hydrogens is 262 g/mol. The summed E-state index contributed by atoms with van der Waals surface area (Å²) in [5.74, 6) is 6.32. The monoisotopic (exact) mass is 285 g/mol. The van der Waals surface area contributed by atoms with E-state index in [1.165, 1.54) is 11.1 Å². The van der Waals surface area contributed by atoms with E-state index >= 15 is 0 Å². The Bertz CT molecular complexity index is 487. The van der Waals surface area contributed by atoms with Gasteiger partial charge in [-0.15, -0.1) is 0 Å². The van der Waals surface area contributed by atoms with Crippen molar-refractivity contribution in [3.05, 3.63) is 59.3 Å². The molecule has 2 rings (SSSR count). The molecule has 0 radical (unpaired) electrons. The molecule has 1 unspecified atom stereocenters. The van der Waals surface area contributed by atoms with Crippen molar-refractivity contribution in [3.8, 4) is 5.88 Å². The second kappa shape index (κ2) is 7.76. The molecule has 0 saturated heterocycles. The van der Waals surface area contributed by atoms with Crippen molar-refractivity contribution < 1.29 is 4.74 Å². The number of hydrogen-bond acceptors (Lipinski definition) is 4. The number of nitrogens with zero attached hydrogens (tertiary/aromatic N) is 1. The summed E-state index contributed by atoms with van der Waals surface area (Å²) in [6, 6.07) is 12.8. The highest BCUT2D eigenvalue weighted by atomic mass is 16.5. The minimum atomic E-state index is 0.188. The van der Waals surface area contributed by atoms with E-state index in [0.717, 1.165) is 24.8 Å². The number of nitrogens with one attached hydrogen (secondary N) is 1. The summed E-state index contributed by atoms with van der Waals surface area (Å²) < 4.78 is 5.07. The first-order valence-electron chi connectivity index (χ1n) is 7.28. The zero-order valence-electron chi connectivity index (χ0n) is 12.7. The van der Waals surface area contributed by atoms with Crippen molar-refractivity contribution in [2.24, 2.45) is 5.84 Å². The van der Waals surface area contributed by atoms with E-state index in [1.807, 2.05) is 18.3 Å². The van der Waals surface area contributed by atoms with E-state index in [0.29, 0.717) is 5.88 Å². The molecule has 0 aliphatic rings. The molecule has 4 heteroatoms. The fraction of sp³-hybridized carbons (Fsp3) is 0.353. The molecule has 21 heavy (non-hydrogen) atoms. The van der Waals surface area contributed by atoms with Crippen LogP contribution >= 0.6 is 0 Å². The van der Waals surface area contributed by atoms with Gasteiger partial charge >= 0.3 is 0 Å². The Labute approximate surface area is 126 Å². The van der Waals surface area contributed by atoms with Gasteiger partial charge in [0.2, 0.25) is 5.88 Å². The molecule has 1 aromatic heterocycles. The van der Waals surface area contributed by atoms with Gasteiger partial charge in [0.1, 0.15) is 0 Å². The summed E-state index contributed by atoms with van der Waals surface area (Å²) >= 11 is 0. The Morgan fingerprint density at radius 2 is 1.67 bits per heavy atom. The largest absolute Gasteiger partial charge is 0.481 e. The number of hydrazine groups is 1. The van der Waals surface area contributed by atoms with Crippen LogP contribution in [-0.2, 0) is 19.3 Å². The molecule has 3 N–H and O–H groups in total. The van der Waals surface area contributed by atoms with E-state index in [9.17, 15) is 0 Å². The number of nitrogens with two attached hydrogens (primary N) is 1. The zero-order chi connectivity index (χ0) is 15.1. The van der Waals surface area contributed by atoms with Crippen molar-refractivity contribution in [2.45, 2.75) is 32.2 Å². The van der Waals surface area contributed by atoms with Crippen LogP contribution in [0.4, 0.5) is 0 Å². The van der Waals surface area contributed by atoms with Gasteiger partial charge in [-0.25, -0.2) is 4.98 Å². The van der Waals surface area contributed by atoms with Gasteiger partial charge in [0.05, 0.1) is 7.11 Å². The summed E-state index contributed by atoms with van der Waals surface area (Å²) in [5.41, 5.74) is 6.69. The number of benzene rings is 1. The van der Waals surface area contributed by atoms with Gasteiger partial charge in [-0.05, 0) is 36.0 Å². The molecule has 0 aliphatic carbocycles. The maximum atomic E-state index is 5.69. The number of ether oxygens (including phenoxy) is 1. The fourth-order valence-corrected chi connectivity index (χ4v) is 2.32. The van der Waals surface area contributed by atoms with Crippen LogP contribution in [-0.4, -0.2) is 18.1 Å². The number of aryl methyl sites for hydroxylation is 1. The lowest BCUT2D eigenvalue weighted by molar-refractivity contribution is 0.397. The third-order valence-corrected chi connectivity index (χ3v) is 3.64. The quantitative estimate of drug-likeness (QED) is 0.605. The topological polar surface area (TPSA) is 60.2 Å². The van der Waals surface area contributed by atoms with E-state index in [2.05, 4.69) is 41.6 Å². The maximum absolute atomic E-state index is 5.69. The van der Waals surface area contributed by atoms with Crippen LogP contribution in [0.5, 0.6) is 5.88 Å². The normalized spacial score (nSPS) is 12.1. The SMILES string of the molecule is CCc1ccc(CC(Cc2ccc(OC)nc2)NN)cc1. The number of methoxy groups -OCH3 is 1. The van der Waals surface area contributed by atoms with Gasteiger partial charge in [-0.1, -0.05) is 37.3 Å². The van der Waals surface area contributed by atoms with E-state index < -0.39 is 0 Å². The zero-order valence-corrected chi connectivity index (χ0v) is 12.7. The first kappa shape index (κ1) is 15.5. The van der Waals surface area contributed by atoms with Gasteiger partial charge in [0.15, 0.2) is 0 Å². The summed E-state index contributed by atoms with van der Waals surface area (Å²) in [4.78, 5) is 4.22. The van der Waals surface area contributed by atoms with Crippen LogP contribution in [0, 0.1) is 0 Å². The molecule has 0 spiro atoms. The smallest absolute Gasteiger partial charge is 0.212 e. The molecule has 0 fully saturated rings. The third kappa shape index (κ3) is 4.55. The second-order valence-electron chi connectivity index (χ2n) is 5.15. The van der Waals surface area contributed by atoms with Crippen LogP contribution in [0.2, 0.25) is 0 Å². The summed E-state index contributed by atoms with van der Waals surface area (Å²) in [7, 11) is 1.62. The third-order valence-electron chi connectivity index (χ3n) is 3.64. The van der Waals surface area contributed by atoms with Crippen LogP contribution in [0.1, 0.15) is 23.6 Å². The van der Waals surface area contributed by atoms with Crippen LogP contribution < -0.4 is 16.0 Å². The Kier molecular flexibility index (Phi) is 5.72. The lowest BCUT2D eigenvalue weighted by atomic mass is 9.99. The molecule has 2 aromatic rings. The summed E-state index contributed by atoms with van der Waals surface area (Å²) in [6.45, 7) is 2.16. The first-order chi connectivity index (χ1) is 10.2. The standard InChI is InChI=1S/C17H23N3O/c1-3-13-4-6-14(7-5-13)10-16(20-18)11-15-8-9-17(21-2)19-12-15/h4-9,12,16,20H,3,10-11,18H2,1-2H3. The van der Waals surface area contributed by atoms with Crippen molar-refractivity contribution >= 4 is 0 Å². The molecule has 1 heterocycles. The van der Waals surface area contributed by atoms with Crippen LogP contribution in [0.15, 0.2) is 42.6 Å². The van der Waals surface area contributed by atoms with Gasteiger partial charge in [0.25, 0.3) is 0 Å². The Balaban J connectivity index is 1.98. The molecule has 0 aliphatic heterocycles. The minimum absolute atomic E-state index is 0.188. The van der Waals surface area contributed by atoms with Gasteiger partial charge in [-0.2, -0.15) is 0 Å². The maximum Gasteiger partial charge on any atom is 0.212 e. The molecule has 1 aromatic carbocycles. The average Bonchev–Trinajstić information content (AvgIpc) is 2.55. The number of hydrogen-bond donors (Lipinski definition) is 2. The van der Waals surface area contributed by atoms with Gasteiger partial charge < -0.3 is 4.74 Å². The summed E-state index contributed by atoms with van der Waals surface area (Å²) in [6.07, 6.45) is 4.63. The minimum Gasteiger partial charge on any atom is -0.481 e. The van der Waals surface area contributed by atoms with Gasteiger partial charge in [-0.3, -0.25) is 11.3 Å². The lowest BCUT2D eigenvalue weighted by Crippen LogP contribution is -2.38. The summed E-state index contributed by atoms with van der Waals surface area (Å²) in [5, 5.41) is 0. The van der Waals surface area contributed by atoms with Crippen molar-refractivity contribution in [3.63, 3.8) is 0 Å². The van der Waals surface area contributed by atoms with Crippen molar-refractivity contribution in [1.82, 2.24) is 10.4 Å². The second-order valence-corrected chi connectivity index (χ2v) is 5.15. The Morgan fingerprint density at radius 3 is 2.19 bits per heavy atom. The molecule has 4 nitrogen and oxygen atoms in total. The molecule has 0 amide bonds. The molecule has 1 atom stereocenters. The highest BCUT2D eigenvalue weighted by molar-refractivity contribution is 5.24. The van der Waals surface area contributed by atoms with Crippen molar-refractivity contribution in [2.75, 3.05) is 7.11 Å². The Hall–Kier alpha value is -1.91. The fourth-order valence-electron chi connectivity index (χ4n) is 2.32. The number of rotatable bonds is 7. The van der Waals surface area contributed by atoms with Gasteiger partial charge in [0, 0.05) is 18.3 Å². The molecular formula is C17H23N3O. The molecule has 112 valence electrons. The lowest BCUT2D eigenvalue weighted by Gasteiger charge is -2.16. The van der Waals surface area contributed by atoms with E-state index in [1.54, 1.807) is 7.11 Å². The van der Waals surface area contributed by atoms with Crippen LogP contribution in [0.3, 0.4) is 0 Å². The first-order valence-corrected chi connectivity index (χ1v) is 7.28. The number of pyridine rings is 1. The predicted octanol–water partition coefficient (Wildman–Crippen LogP) is 2.27. The van der Waals surface area contributed by atoms with Crippen molar-refractivity contribution in [1.29, 1.82) is 0 Å². The molecule has 0 saturated carbocycles. The predicted molar refractivity (Wildman–Crippen MR) is 85.1 cm³/mol. The highest BCUT2D eigenvalue weighted by Crippen LogP contribution is 2.12. The van der Waals surface area contributed by atoms with E-state index in [4.69, 9.17) is 10.6 Å². The Morgan fingerprint density at radius 1 is 1.05 bits per heavy atom. The highest BCUT2D eigenvalue weighted by Gasteiger charge is 2.09. The number of aromatic nitrogens is 1. The average molecular weight is 285 g/mol. The van der Waals surface area contributed by atoms with E-state index in [-0.39, 0.29) is 6.04 Å². The molecule has 0 bridgehead atoms.